The molecule has 0 bridgehead atoms. The van der Waals surface area contributed by atoms with Crippen molar-refractivity contribution in [3.63, 3.8) is 0 Å². The van der Waals surface area contributed by atoms with Gasteiger partial charge in [0.1, 0.15) is 0 Å². The average molecular weight is 296 g/mol. The van der Waals surface area contributed by atoms with E-state index in [0.29, 0.717) is 0 Å². The van der Waals surface area contributed by atoms with E-state index in [4.69, 9.17) is 0 Å². The van der Waals surface area contributed by atoms with Crippen LogP contribution in [-0.2, 0) is 26.2 Å². The SMILES string of the molecule is C1=CCC=C1.C1=CCC=C1.Cl.Cl.[Zr]. The van der Waals surface area contributed by atoms with Gasteiger partial charge in [-0.2, -0.15) is 0 Å². The van der Waals surface area contributed by atoms with Crippen LogP contribution in [0.5, 0.6) is 0 Å². The zero-order valence-corrected chi connectivity index (χ0v) is 11.4. The first-order chi connectivity index (χ1) is 5.00. The molecule has 0 N–H and O–H groups in total. The Morgan fingerprint density at radius 2 is 0.769 bits per heavy atom. The molecular weight excluding hydrogens is 282 g/mol. The molecule has 0 aromatic rings. The molecular formula is C10H14Cl2Zr. The van der Waals surface area contributed by atoms with Crippen LogP contribution in [0.3, 0.4) is 0 Å². The second-order valence-corrected chi connectivity index (χ2v) is 2.18. The van der Waals surface area contributed by atoms with Gasteiger partial charge in [0, 0.05) is 26.2 Å². The summed E-state index contributed by atoms with van der Waals surface area (Å²) in [4.78, 5) is 0. The van der Waals surface area contributed by atoms with Gasteiger partial charge in [0.15, 0.2) is 0 Å². The number of halogens is 2. The minimum absolute atomic E-state index is 0. The molecule has 0 aliphatic heterocycles. The molecule has 0 heterocycles. The van der Waals surface area contributed by atoms with Gasteiger partial charge in [-0.1, -0.05) is 48.6 Å². The van der Waals surface area contributed by atoms with Crippen LogP contribution in [0.1, 0.15) is 12.8 Å². The van der Waals surface area contributed by atoms with Crippen LogP contribution in [0.4, 0.5) is 0 Å². The Balaban J connectivity index is -0.000000125. The minimum Gasteiger partial charge on any atom is -0.147 e. The third kappa shape index (κ3) is 12.4. The van der Waals surface area contributed by atoms with Gasteiger partial charge >= 0.3 is 0 Å². The van der Waals surface area contributed by atoms with E-state index in [0.717, 1.165) is 12.8 Å². The van der Waals surface area contributed by atoms with Gasteiger partial charge in [0.2, 0.25) is 0 Å². The quantitative estimate of drug-likeness (QED) is 0.637. The molecule has 0 spiro atoms. The van der Waals surface area contributed by atoms with E-state index in [9.17, 15) is 0 Å². The van der Waals surface area contributed by atoms with E-state index in [1.165, 1.54) is 0 Å². The Labute approximate surface area is 112 Å². The van der Waals surface area contributed by atoms with E-state index in [-0.39, 0.29) is 51.0 Å². The van der Waals surface area contributed by atoms with Crippen molar-refractivity contribution in [3.8, 4) is 0 Å². The maximum atomic E-state index is 2.12. The fourth-order valence-corrected chi connectivity index (χ4v) is 0.786. The van der Waals surface area contributed by atoms with E-state index in [1.807, 2.05) is 0 Å². The molecule has 0 saturated carbocycles. The van der Waals surface area contributed by atoms with E-state index in [2.05, 4.69) is 48.6 Å². The Kier molecular flexibility index (Phi) is 21.9. The summed E-state index contributed by atoms with van der Waals surface area (Å²) in [6.07, 6.45) is 19.0. The van der Waals surface area contributed by atoms with E-state index < -0.39 is 0 Å². The van der Waals surface area contributed by atoms with Crippen molar-refractivity contribution in [2.24, 2.45) is 0 Å². The predicted molar refractivity (Wildman–Crippen MR) is 60.3 cm³/mol. The first kappa shape index (κ1) is 19.1. The van der Waals surface area contributed by atoms with Crippen LogP contribution in [0.15, 0.2) is 48.6 Å². The van der Waals surface area contributed by atoms with Crippen LogP contribution in [0.25, 0.3) is 0 Å². The monoisotopic (exact) mass is 294 g/mol. The average Bonchev–Trinajstić information content (AvgIpc) is 2.67. The smallest absolute Gasteiger partial charge is 0 e. The molecule has 0 saturated heterocycles. The first-order valence-electron chi connectivity index (χ1n) is 3.63. The molecule has 0 radical (unpaired) electrons. The summed E-state index contributed by atoms with van der Waals surface area (Å²) in [5, 5.41) is 0. The number of allylic oxidation sites excluding steroid dienone is 8. The number of hydrogen-bond acceptors (Lipinski definition) is 0. The first-order valence-corrected chi connectivity index (χ1v) is 3.63. The molecule has 13 heavy (non-hydrogen) atoms. The standard InChI is InChI=1S/2C5H6.2ClH.Zr/c2*1-2-4-5-3-1;;;/h2*1-4H,5H2;2*1H;. The van der Waals surface area contributed by atoms with Crippen LogP contribution in [0, 0.1) is 0 Å². The number of rotatable bonds is 0. The van der Waals surface area contributed by atoms with Crippen molar-refractivity contribution in [3.05, 3.63) is 48.6 Å². The Morgan fingerprint density at radius 3 is 0.846 bits per heavy atom. The summed E-state index contributed by atoms with van der Waals surface area (Å²) in [5.74, 6) is 0. The van der Waals surface area contributed by atoms with Gasteiger partial charge in [0.05, 0.1) is 0 Å². The summed E-state index contributed by atoms with van der Waals surface area (Å²) in [7, 11) is 0. The molecule has 0 amide bonds. The van der Waals surface area contributed by atoms with Crippen molar-refractivity contribution < 1.29 is 26.2 Å². The predicted octanol–water partition coefficient (Wildman–Crippen LogP) is 3.85. The summed E-state index contributed by atoms with van der Waals surface area (Å²) in [6, 6.07) is 0. The Bertz CT molecular complexity index is 151. The van der Waals surface area contributed by atoms with Crippen LogP contribution in [0.2, 0.25) is 0 Å². The largest absolute Gasteiger partial charge is 0.147 e. The van der Waals surface area contributed by atoms with Gasteiger partial charge in [-0.05, 0) is 12.8 Å². The van der Waals surface area contributed by atoms with Crippen LogP contribution >= 0.6 is 24.8 Å². The van der Waals surface area contributed by atoms with Crippen molar-refractivity contribution in [2.45, 2.75) is 12.8 Å². The zero-order valence-electron chi connectivity index (χ0n) is 7.35. The molecule has 0 nitrogen and oxygen atoms in total. The third-order valence-corrected chi connectivity index (χ3v) is 1.31. The molecule has 0 unspecified atom stereocenters. The Morgan fingerprint density at radius 1 is 0.538 bits per heavy atom. The van der Waals surface area contributed by atoms with Gasteiger partial charge in [-0.25, -0.2) is 0 Å². The van der Waals surface area contributed by atoms with Crippen molar-refractivity contribution >= 4 is 24.8 Å². The van der Waals surface area contributed by atoms with Crippen molar-refractivity contribution in [1.82, 2.24) is 0 Å². The topological polar surface area (TPSA) is 0 Å². The summed E-state index contributed by atoms with van der Waals surface area (Å²) < 4.78 is 0. The molecule has 2 aliphatic carbocycles. The molecule has 3 heteroatoms. The molecule has 2 rings (SSSR count). The summed E-state index contributed by atoms with van der Waals surface area (Å²) in [5.41, 5.74) is 0. The van der Waals surface area contributed by atoms with E-state index >= 15 is 0 Å². The summed E-state index contributed by atoms with van der Waals surface area (Å²) in [6.45, 7) is 0. The normalized spacial score (nSPS) is 13.5. The number of hydrogen-bond donors (Lipinski definition) is 0. The third-order valence-electron chi connectivity index (χ3n) is 1.31. The van der Waals surface area contributed by atoms with Gasteiger partial charge in [0.25, 0.3) is 0 Å². The second-order valence-electron chi connectivity index (χ2n) is 2.18. The zero-order chi connectivity index (χ0) is 7.07. The summed E-state index contributed by atoms with van der Waals surface area (Å²) >= 11 is 0. The molecule has 0 aromatic carbocycles. The van der Waals surface area contributed by atoms with Gasteiger partial charge in [-0.15, -0.1) is 24.8 Å². The Hall–Kier alpha value is 0.423. The second kappa shape index (κ2) is 14.9. The molecule has 0 fully saturated rings. The molecule has 2 aliphatic rings. The molecule has 0 aromatic heterocycles. The van der Waals surface area contributed by atoms with Crippen molar-refractivity contribution in [1.29, 1.82) is 0 Å². The van der Waals surface area contributed by atoms with Crippen LogP contribution < -0.4 is 0 Å². The van der Waals surface area contributed by atoms with Gasteiger partial charge in [-0.3, -0.25) is 0 Å². The van der Waals surface area contributed by atoms with Gasteiger partial charge < -0.3 is 0 Å². The maximum Gasteiger partial charge on any atom is 0 e. The fraction of sp³-hybridized carbons (Fsp3) is 0.200. The molecule has 72 valence electrons. The van der Waals surface area contributed by atoms with E-state index in [1.54, 1.807) is 0 Å². The maximum absolute atomic E-state index is 2.12. The van der Waals surface area contributed by atoms with Crippen LogP contribution in [-0.4, -0.2) is 0 Å². The molecule has 0 atom stereocenters. The van der Waals surface area contributed by atoms with Crippen molar-refractivity contribution in [2.75, 3.05) is 0 Å². The minimum atomic E-state index is 0. The fourth-order valence-electron chi connectivity index (χ4n) is 0.786.